The van der Waals surface area contributed by atoms with Crippen LogP contribution in [-0.4, -0.2) is 26.1 Å². The molecule has 0 aliphatic rings. The Hall–Kier alpha value is -1.59. The Bertz CT molecular complexity index is 408. The highest BCUT2D eigenvalue weighted by Gasteiger charge is 2.25. The number of hydrogen-bond acceptors (Lipinski definition) is 4. The number of amides is 1. The van der Waals surface area contributed by atoms with E-state index in [4.69, 9.17) is 19.9 Å². The number of hydrogen-bond donors (Lipinski definition) is 1. The topological polar surface area (TPSA) is 70.8 Å². The van der Waals surface area contributed by atoms with Gasteiger partial charge in [-0.1, -0.05) is 36.8 Å². The molecule has 0 aliphatic heterocycles. The number of carbonyl (C=O) groups is 1. The summed E-state index contributed by atoms with van der Waals surface area (Å²) in [5.41, 5.74) is 7.14. The van der Waals surface area contributed by atoms with Crippen molar-refractivity contribution in [2.75, 3.05) is 13.9 Å². The monoisotopic (exact) mass is 267 g/mol. The molecular weight excluding hydrogens is 246 g/mol. The lowest BCUT2D eigenvalue weighted by Gasteiger charge is -2.26. The Morgan fingerprint density at radius 2 is 2.16 bits per heavy atom. The van der Waals surface area contributed by atoms with E-state index >= 15 is 0 Å². The van der Waals surface area contributed by atoms with Crippen LogP contribution in [0, 0.1) is 6.92 Å². The van der Waals surface area contributed by atoms with Gasteiger partial charge in [-0.3, -0.25) is 0 Å². The molecule has 5 heteroatoms. The molecular formula is C14H21NO4. The van der Waals surface area contributed by atoms with Crippen molar-refractivity contribution in [1.29, 1.82) is 0 Å². The third-order valence-corrected chi connectivity index (χ3v) is 2.74. The van der Waals surface area contributed by atoms with Crippen LogP contribution in [0.25, 0.3) is 0 Å². The Labute approximate surface area is 113 Å². The van der Waals surface area contributed by atoms with Gasteiger partial charge in [0.05, 0.1) is 0 Å². The van der Waals surface area contributed by atoms with E-state index in [0.29, 0.717) is 6.42 Å². The van der Waals surface area contributed by atoms with Crippen LogP contribution in [-0.2, 0) is 14.2 Å². The predicted octanol–water partition coefficient (Wildman–Crippen LogP) is 2.53. The van der Waals surface area contributed by atoms with Crippen LogP contribution in [0.1, 0.15) is 30.6 Å². The van der Waals surface area contributed by atoms with Crippen LogP contribution < -0.4 is 5.73 Å². The highest BCUT2D eigenvalue weighted by Crippen LogP contribution is 2.26. The number of benzene rings is 1. The molecule has 0 spiro atoms. The molecule has 2 N–H and O–H groups in total. The Morgan fingerprint density at radius 1 is 1.42 bits per heavy atom. The highest BCUT2D eigenvalue weighted by atomic mass is 16.7. The van der Waals surface area contributed by atoms with Gasteiger partial charge < -0.3 is 19.9 Å². The van der Waals surface area contributed by atoms with Gasteiger partial charge in [0.15, 0.2) is 0 Å². The summed E-state index contributed by atoms with van der Waals surface area (Å²) in [6.07, 6.45) is -1.03. The van der Waals surface area contributed by atoms with Gasteiger partial charge in [-0.05, 0) is 18.9 Å². The lowest BCUT2D eigenvalue weighted by Crippen LogP contribution is -2.30. The maximum absolute atomic E-state index is 11.0. The minimum Gasteiger partial charge on any atom is -0.443 e. The maximum Gasteiger partial charge on any atom is 0.404 e. The van der Waals surface area contributed by atoms with Gasteiger partial charge >= 0.3 is 6.09 Å². The van der Waals surface area contributed by atoms with E-state index < -0.39 is 18.3 Å². The summed E-state index contributed by atoms with van der Waals surface area (Å²) >= 11 is 0. The van der Waals surface area contributed by atoms with Crippen LogP contribution in [0.3, 0.4) is 0 Å². The summed E-state index contributed by atoms with van der Waals surface area (Å²) in [5, 5.41) is 0. The quantitative estimate of drug-likeness (QED) is 0.771. The van der Waals surface area contributed by atoms with Gasteiger partial charge in [-0.2, -0.15) is 0 Å². The van der Waals surface area contributed by atoms with Crippen molar-refractivity contribution in [1.82, 2.24) is 0 Å². The van der Waals surface area contributed by atoms with Crippen LogP contribution in [0.15, 0.2) is 24.3 Å². The smallest absolute Gasteiger partial charge is 0.404 e. The molecule has 0 aromatic heterocycles. The van der Waals surface area contributed by atoms with Crippen molar-refractivity contribution in [3.63, 3.8) is 0 Å². The Balaban J connectivity index is 2.94. The summed E-state index contributed by atoms with van der Waals surface area (Å²) in [6.45, 7) is 4.02. The Kier molecular flexibility index (Phi) is 6.32. The summed E-state index contributed by atoms with van der Waals surface area (Å²) in [5.74, 6) is 0. The first-order valence-electron chi connectivity index (χ1n) is 6.21. The molecule has 1 amide bonds. The summed E-state index contributed by atoms with van der Waals surface area (Å²) < 4.78 is 15.7. The van der Waals surface area contributed by atoms with Gasteiger partial charge in [0, 0.05) is 7.11 Å². The zero-order chi connectivity index (χ0) is 14.3. The average molecular weight is 267 g/mol. The fourth-order valence-corrected chi connectivity index (χ4v) is 1.92. The van der Waals surface area contributed by atoms with E-state index in [1.807, 2.05) is 38.1 Å². The molecule has 0 saturated carbocycles. The third kappa shape index (κ3) is 4.89. The largest absolute Gasteiger partial charge is 0.443 e. The molecule has 0 fully saturated rings. The van der Waals surface area contributed by atoms with Crippen LogP contribution in [0.5, 0.6) is 0 Å². The standard InChI is InChI=1S/C14H21NO4/c1-4-12(19-14(15)16)13(18-9-17-3)11-7-5-6-10(2)8-11/h5-8,12-13H,4,9H2,1-3H3,(H2,15,16). The van der Waals surface area contributed by atoms with E-state index in [0.717, 1.165) is 11.1 Å². The molecule has 19 heavy (non-hydrogen) atoms. The first-order valence-corrected chi connectivity index (χ1v) is 6.21. The SMILES string of the molecule is CCC(OC(N)=O)C(OCOC)c1cccc(C)c1. The predicted molar refractivity (Wildman–Crippen MR) is 71.6 cm³/mol. The molecule has 0 bridgehead atoms. The minimum absolute atomic E-state index is 0.122. The molecule has 1 aromatic carbocycles. The molecule has 0 aliphatic carbocycles. The maximum atomic E-state index is 11.0. The molecule has 1 rings (SSSR count). The fourth-order valence-electron chi connectivity index (χ4n) is 1.92. The summed E-state index contributed by atoms with van der Waals surface area (Å²) in [4.78, 5) is 11.0. The van der Waals surface area contributed by atoms with E-state index in [-0.39, 0.29) is 6.79 Å². The number of methoxy groups -OCH3 is 1. The summed E-state index contributed by atoms with van der Waals surface area (Å²) in [6, 6.07) is 7.85. The summed E-state index contributed by atoms with van der Waals surface area (Å²) in [7, 11) is 1.54. The molecule has 1 aromatic rings. The second kappa shape index (κ2) is 7.76. The zero-order valence-corrected chi connectivity index (χ0v) is 11.6. The molecule has 2 unspecified atom stereocenters. The number of aryl methyl sites for hydroxylation is 1. The molecule has 106 valence electrons. The number of nitrogens with two attached hydrogens (primary N) is 1. The zero-order valence-electron chi connectivity index (χ0n) is 11.6. The van der Waals surface area contributed by atoms with Crippen molar-refractivity contribution < 1.29 is 19.0 Å². The van der Waals surface area contributed by atoms with E-state index in [1.54, 1.807) is 7.11 Å². The molecule has 0 radical (unpaired) electrons. The number of ether oxygens (including phenoxy) is 3. The van der Waals surface area contributed by atoms with Gasteiger partial charge in [0.1, 0.15) is 19.0 Å². The minimum atomic E-state index is -0.800. The van der Waals surface area contributed by atoms with Crippen molar-refractivity contribution in [3.8, 4) is 0 Å². The Morgan fingerprint density at radius 3 is 2.68 bits per heavy atom. The van der Waals surface area contributed by atoms with Crippen LogP contribution in [0.4, 0.5) is 4.79 Å². The van der Waals surface area contributed by atoms with Gasteiger partial charge in [0.25, 0.3) is 0 Å². The molecule has 0 heterocycles. The van der Waals surface area contributed by atoms with Crippen molar-refractivity contribution >= 4 is 6.09 Å². The average Bonchev–Trinajstić information content (AvgIpc) is 2.37. The first kappa shape index (κ1) is 15.5. The molecule has 0 saturated heterocycles. The van der Waals surface area contributed by atoms with E-state index in [2.05, 4.69) is 0 Å². The van der Waals surface area contributed by atoms with Crippen LogP contribution >= 0.6 is 0 Å². The molecule has 2 atom stereocenters. The first-order chi connectivity index (χ1) is 9.08. The number of carbonyl (C=O) groups excluding carboxylic acids is 1. The number of rotatable bonds is 7. The lowest BCUT2D eigenvalue weighted by atomic mass is 10.0. The highest BCUT2D eigenvalue weighted by molar-refractivity contribution is 5.64. The lowest BCUT2D eigenvalue weighted by molar-refractivity contribution is -0.116. The second-order valence-electron chi connectivity index (χ2n) is 4.29. The van der Waals surface area contributed by atoms with E-state index in [9.17, 15) is 4.79 Å². The third-order valence-electron chi connectivity index (χ3n) is 2.74. The van der Waals surface area contributed by atoms with Crippen molar-refractivity contribution in [3.05, 3.63) is 35.4 Å². The van der Waals surface area contributed by atoms with Gasteiger partial charge in [-0.25, -0.2) is 4.79 Å². The van der Waals surface area contributed by atoms with Crippen LogP contribution in [0.2, 0.25) is 0 Å². The van der Waals surface area contributed by atoms with E-state index in [1.165, 1.54) is 0 Å². The van der Waals surface area contributed by atoms with Crippen molar-refractivity contribution in [2.24, 2.45) is 5.73 Å². The molecule has 5 nitrogen and oxygen atoms in total. The number of primary amides is 1. The second-order valence-corrected chi connectivity index (χ2v) is 4.29. The van der Waals surface area contributed by atoms with Gasteiger partial charge in [-0.15, -0.1) is 0 Å². The van der Waals surface area contributed by atoms with Crippen molar-refractivity contribution in [2.45, 2.75) is 32.5 Å². The fraction of sp³-hybridized carbons (Fsp3) is 0.500. The normalized spacial score (nSPS) is 13.8. The van der Waals surface area contributed by atoms with Gasteiger partial charge in [0.2, 0.25) is 0 Å².